The quantitative estimate of drug-likeness (QED) is 0.255. The third-order valence-corrected chi connectivity index (χ3v) is 8.16. The molecule has 2 aliphatic heterocycles. The summed E-state index contributed by atoms with van der Waals surface area (Å²) >= 11 is 0. The Bertz CT molecular complexity index is 1900. The number of benzene rings is 4. The minimum Gasteiger partial charge on any atom is -0.360 e. The molecule has 0 spiro atoms. The number of nitrogens with one attached hydrogen (secondary N) is 1. The molecule has 1 aliphatic carbocycles. The summed E-state index contributed by atoms with van der Waals surface area (Å²) in [5, 5.41) is 4.93. The number of rotatable bonds is 4. The summed E-state index contributed by atoms with van der Waals surface area (Å²) in [6.07, 6.45) is 13.6. The van der Waals surface area contributed by atoms with E-state index in [1.807, 2.05) is 18.3 Å². The summed E-state index contributed by atoms with van der Waals surface area (Å²) in [4.78, 5) is 12.6. The van der Waals surface area contributed by atoms with Gasteiger partial charge in [-0.3, -0.25) is 9.98 Å². The highest BCUT2D eigenvalue weighted by molar-refractivity contribution is 6.13. The molecule has 4 nitrogen and oxygen atoms in total. The van der Waals surface area contributed by atoms with E-state index in [-0.39, 0.29) is 12.2 Å². The Balaban J connectivity index is 1.30. The normalized spacial score (nSPS) is 18.9. The molecule has 2 unspecified atom stereocenters. The molecule has 0 bridgehead atoms. The molecular weight excluding hydrogens is 500 g/mol. The molecule has 4 heteroatoms. The number of allylic oxidation sites excluding steroid dienone is 3. The van der Waals surface area contributed by atoms with Gasteiger partial charge in [0.2, 0.25) is 0 Å². The number of para-hydroxylation sites is 1. The highest BCUT2D eigenvalue weighted by atomic mass is 15.2. The van der Waals surface area contributed by atoms with Crippen molar-refractivity contribution in [3.05, 3.63) is 156 Å². The molecule has 1 N–H and O–H groups in total. The zero-order chi connectivity index (χ0) is 27.2. The van der Waals surface area contributed by atoms with E-state index < -0.39 is 0 Å². The van der Waals surface area contributed by atoms with Crippen LogP contribution in [0.4, 0.5) is 11.4 Å². The second kappa shape index (κ2) is 9.76. The summed E-state index contributed by atoms with van der Waals surface area (Å²) in [6.45, 7) is 0. The molecule has 8 rings (SSSR count). The smallest absolute Gasteiger partial charge is 0.145 e. The summed E-state index contributed by atoms with van der Waals surface area (Å²) in [6, 6.07) is 36.6. The Labute approximate surface area is 239 Å². The van der Waals surface area contributed by atoms with Gasteiger partial charge in [-0.2, -0.15) is 0 Å². The molecule has 2 atom stereocenters. The monoisotopic (exact) mass is 528 g/mol. The van der Waals surface area contributed by atoms with Gasteiger partial charge in [-0.1, -0.05) is 103 Å². The second-order valence-corrected chi connectivity index (χ2v) is 10.6. The highest BCUT2D eigenvalue weighted by Gasteiger charge is 2.30. The summed E-state index contributed by atoms with van der Waals surface area (Å²) in [5.41, 5.74) is 11.2. The third-order valence-electron chi connectivity index (χ3n) is 8.16. The first-order valence-electron chi connectivity index (χ1n) is 14.1. The zero-order valence-corrected chi connectivity index (χ0v) is 22.5. The number of aliphatic imine (C=N–C) groups is 1. The van der Waals surface area contributed by atoms with Gasteiger partial charge in [0.15, 0.2) is 0 Å². The van der Waals surface area contributed by atoms with E-state index in [1.165, 1.54) is 27.9 Å². The van der Waals surface area contributed by atoms with Gasteiger partial charge >= 0.3 is 0 Å². The Kier molecular flexibility index (Phi) is 5.63. The predicted octanol–water partition coefficient (Wildman–Crippen LogP) is 8.37. The van der Waals surface area contributed by atoms with Crippen molar-refractivity contribution in [2.24, 2.45) is 4.99 Å². The lowest BCUT2D eigenvalue weighted by molar-refractivity contribution is 0.665. The van der Waals surface area contributed by atoms with Gasteiger partial charge in [0.05, 0.1) is 23.0 Å². The molecule has 0 amide bonds. The van der Waals surface area contributed by atoms with E-state index in [1.54, 1.807) is 0 Å². The molecular formula is C37H28N4. The maximum Gasteiger partial charge on any atom is 0.145 e. The van der Waals surface area contributed by atoms with Gasteiger partial charge in [0, 0.05) is 28.5 Å². The van der Waals surface area contributed by atoms with Crippen molar-refractivity contribution in [2.75, 3.05) is 4.90 Å². The average molecular weight is 529 g/mol. The van der Waals surface area contributed by atoms with E-state index in [0.717, 1.165) is 40.0 Å². The number of aromatic nitrogens is 1. The van der Waals surface area contributed by atoms with Crippen LogP contribution in [0.25, 0.3) is 27.7 Å². The van der Waals surface area contributed by atoms with Gasteiger partial charge in [0.1, 0.15) is 6.17 Å². The molecule has 3 heterocycles. The van der Waals surface area contributed by atoms with Crippen LogP contribution in [0.3, 0.4) is 0 Å². The maximum absolute atomic E-state index is 5.24. The van der Waals surface area contributed by atoms with Crippen LogP contribution < -0.4 is 10.2 Å². The van der Waals surface area contributed by atoms with Crippen molar-refractivity contribution in [3.8, 4) is 11.1 Å². The zero-order valence-electron chi connectivity index (χ0n) is 22.5. The molecule has 5 aromatic rings. The minimum atomic E-state index is -0.256. The van der Waals surface area contributed by atoms with Crippen LogP contribution in [-0.4, -0.2) is 16.7 Å². The molecule has 3 aliphatic rings. The van der Waals surface area contributed by atoms with Crippen molar-refractivity contribution in [3.63, 3.8) is 0 Å². The molecule has 0 saturated heterocycles. The number of nitrogens with zero attached hydrogens (tertiary/aromatic N) is 3. The van der Waals surface area contributed by atoms with Crippen molar-refractivity contribution in [1.82, 2.24) is 10.3 Å². The van der Waals surface area contributed by atoms with Crippen molar-refractivity contribution >= 4 is 33.7 Å². The number of hydrogen-bond donors (Lipinski definition) is 1. The Morgan fingerprint density at radius 3 is 2.32 bits per heavy atom. The topological polar surface area (TPSA) is 40.5 Å². The van der Waals surface area contributed by atoms with Crippen molar-refractivity contribution in [1.29, 1.82) is 0 Å². The standard InChI is InChI=1S/C37H28N4/c1-4-12-25(13-5-1)31-24-32(26-14-6-2-7-15-26)40-37(39-31)27-22-30-29-18-10-11-19-34(29)41(28-16-8-3-9-17-28)35-20-21-38-33(23-27)36(30)35/h1-16,18-24,28,37,39H,17H2. The molecule has 0 fully saturated rings. The molecule has 0 saturated carbocycles. The van der Waals surface area contributed by atoms with Crippen LogP contribution in [0.1, 0.15) is 29.3 Å². The van der Waals surface area contributed by atoms with E-state index in [0.29, 0.717) is 0 Å². The van der Waals surface area contributed by atoms with Gasteiger partial charge in [0.25, 0.3) is 0 Å². The fourth-order valence-electron chi connectivity index (χ4n) is 6.26. The first-order chi connectivity index (χ1) is 20.3. The summed E-state index contributed by atoms with van der Waals surface area (Å²) < 4.78 is 0. The van der Waals surface area contributed by atoms with Crippen LogP contribution in [0.15, 0.2) is 145 Å². The first kappa shape index (κ1) is 23.6. The van der Waals surface area contributed by atoms with E-state index >= 15 is 0 Å². The van der Waals surface area contributed by atoms with Gasteiger partial charge in [-0.15, -0.1) is 0 Å². The van der Waals surface area contributed by atoms with Crippen molar-refractivity contribution < 1.29 is 0 Å². The molecule has 196 valence electrons. The maximum atomic E-state index is 5.24. The lowest BCUT2D eigenvalue weighted by atomic mass is 9.89. The Morgan fingerprint density at radius 2 is 1.51 bits per heavy atom. The predicted molar refractivity (Wildman–Crippen MR) is 169 cm³/mol. The Morgan fingerprint density at radius 1 is 0.732 bits per heavy atom. The van der Waals surface area contributed by atoms with Crippen LogP contribution >= 0.6 is 0 Å². The van der Waals surface area contributed by atoms with E-state index in [2.05, 4.69) is 132 Å². The molecule has 1 aromatic heterocycles. The van der Waals surface area contributed by atoms with Crippen LogP contribution in [0, 0.1) is 0 Å². The van der Waals surface area contributed by atoms with Crippen LogP contribution in [-0.2, 0) is 0 Å². The molecule has 4 aromatic carbocycles. The highest BCUT2D eigenvalue weighted by Crippen LogP contribution is 2.49. The van der Waals surface area contributed by atoms with Crippen LogP contribution in [0.5, 0.6) is 0 Å². The second-order valence-electron chi connectivity index (χ2n) is 10.6. The fourth-order valence-corrected chi connectivity index (χ4v) is 6.26. The molecule has 0 radical (unpaired) electrons. The lowest BCUT2D eigenvalue weighted by Crippen LogP contribution is -2.32. The van der Waals surface area contributed by atoms with Crippen LogP contribution in [0.2, 0.25) is 0 Å². The third kappa shape index (κ3) is 4.07. The van der Waals surface area contributed by atoms with E-state index in [9.17, 15) is 0 Å². The van der Waals surface area contributed by atoms with Crippen molar-refractivity contribution in [2.45, 2.75) is 18.6 Å². The number of hydrogen-bond acceptors (Lipinski definition) is 4. The average Bonchev–Trinajstić information content (AvgIpc) is 3.06. The SMILES string of the molecule is C1=CCC(N2c3ccccc3-c3cc(C4N=C(c5ccccc5)C=C(c5ccccc5)N4)cc4nccc2c34)C=C1. The number of pyridine rings is 1. The summed E-state index contributed by atoms with van der Waals surface area (Å²) in [5.74, 6) is 0. The van der Waals surface area contributed by atoms with Gasteiger partial charge in [-0.25, -0.2) is 0 Å². The van der Waals surface area contributed by atoms with Gasteiger partial charge in [-0.05, 0) is 59.0 Å². The number of anilines is 2. The Hall–Kier alpha value is -5.22. The molecule has 41 heavy (non-hydrogen) atoms. The first-order valence-corrected chi connectivity index (χ1v) is 14.1. The van der Waals surface area contributed by atoms with Gasteiger partial charge < -0.3 is 10.2 Å². The minimum absolute atomic E-state index is 0.256. The lowest BCUT2D eigenvalue weighted by Gasteiger charge is -2.38. The fraction of sp³-hybridized carbons (Fsp3) is 0.0811. The number of fused-ring (bicyclic) bond motifs is 2. The summed E-state index contributed by atoms with van der Waals surface area (Å²) in [7, 11) is 0. The largest absolute Gasteiger partial charge is 0.360 e. The van der Waals surface area contributed by atoms with E-state index in [4.69, 9.17) is 9.98 Å².